The molecule has 2 aromatic rings. The Kier molecular flexibility index (Phi) is 5.42. The SMILES string of the molecule is C=CCOc1ccc(C(=O)Nc2ccc(Br)cc2Cl)cc1. The zero-order valence-electron chi connectivity index (χ0n) is 11.1. The molecule has 5 heteroatoms. The number of hydrogen-bond acceptors (Lipinski definition) is 2. The van der Waals surface area contributed by atoms with Crippen LogP contribution in [0.25, 0.3) is 0 Å². The molecule has 0 unspecified atom stereocenters. The first-order chi connectivity index (χ1) is 10.1. The Hall–Kier alpha value is -1.78. The van der Waals surface area contributed by atoms with Gasteiger partial charge in [0.25, 0.3) is 5.91 Å². The van der Waals surface area contributed by atoms with Gasteiger partial charge in [-0.2, -0.15) is 0 Å². The van der Waals surface area contributed by atoms with Crippen molar-refractivity contribution >= 4 is 39.1 Å². The molecule has 0 aromatic heterocycles. The Morgan fingerprint density at radius 3 is 2.62 bits per heavy atom. The number of carbonyl (C=O) groups is 1. The Balaban J connectivity index is 2.07. The second-order valence-electron chi connectivity index (χ2n) is 4.20. The van der Waals surface area contributed by atoms with Crippen LogP contribution in [0.2, 0.25) is 5.02 Å². The van der Waals surface area contributed by atoms with E-state index in [0.717, 1.165) is 4.47 Å². The second kappa shape index (κ2) is 7.29. The van der Waals surface area contributed by atoms with E-state index in [9.17, 15) is 4.79 Å². The molecule has 0 bridgehead atoms. The van der Waals surface area contributed by atoms with Crippen LogP contribution in [-0.4, -0.2) is 12.5 Å². The second-order valence-corrected chi connectivity index (χ2v) is 5.53. The van der Waals surface area contributed by atoms with Crippen LogP contribution in [0.5, 0.6) is 5.75 Å². The summed E-state index contributed by atoms with van der Waals surface area (Å²) in [5.41, 5.74) is 1.09. The van der Waals surface area contributed by atoms with Gasteiger partial charge in [-0.05, 0) is 42.5 Å². The zero-order chi connectivity index (χ0) is 15.2. The van der Waals surface area contributed by atoms with Crippen LogP contribution in [-0.2, 0) is 0 Å². The van der Waals surface area contributed by atoms with E-state index in [1.807, 2.05) is 6.07 Å². The van der Waals surface area contributed by atoms with E-state index in [-0.39, 0.29) is 5.91 Å². The Morgan fingerprint density at radius 2 is 2.00 bits per heavy atom. The van der Waals surface area contributed by atoms with E-state index >= 15 is 0 Å². The fourth-order valence-corrected chi connectivity index (χ4v) is 2.36. The van der Waals surface area contributed by atoms with Gasteiger partial charge in [0, 0.05) is 10.0 Å². The molecule has 0 aliphatic carbocycles. The molecule has 108 valence electrons. The maximum Gasteiger partial charge on any atom is 0.255 e. The van der Waals surface area contributed by atoms with Gasteiger partial charge in [-0.3, -0.25) is 4.79 Å². The summed E-state index contributed by atoms with van der Waals surface area (Å²) in [5.74, 6) is 0.461. The maximum absolute atomic E-state index is 12.1. The van der Waals surface area contributed by atoms with Gasteiger partial charge in [0.15, 0.2) is 0 Å². The van der Waals surface area contributed by atoms with Crippen molar-refractivity contribution in [1.82, 2.24) is 0 Å². The Bertz CT molecular complexity index is 656. The molecule has 0 aliphatic heterocycles. The number of rotatable bonds is 5. The van der Waals surface area contributed by atoms with Gasteiger partial charge in [0.2, 0.25) is 0 Å². The average molecular weight is 367 g/mol. The Morgan fingerprint density at radius 1 is 1.29 bits per heavy atom. The molecule has 1 N–H and O–H groups in total. The molecule has 21 heavy (non-hydrogen) atoms. The molecule has 2 aromatic carbocycles. The van der Waals surface area contributed by atoms with Crippen molar-refractivity contribution in [3.8, 4) is 5.75 Å². The maximum atomic E-state index is 12.1. The normalized spacial score (nSPS) is 10.0. The van der Waals surface area contributed by atoms with Gasteiger partial charge in [0.1, 0.15) is 12.4 Å². The lowest BCUT2D eigenvalue weighted by molar-refractivity contribution is 0.102. The van der Waals surface area contributed by atoms with Gasteiger partial charge in [-0.25, -0.2) is 0 Å². The summed E-state index contributed by atoms with van der Waals surface area (Å²) in [6.07, 6.45) is 1.66. The van der Waals surface area contributed by atoms with E-state index in [0.29, 0.717) is 28.6 Å². The van der Waals surface area contributed by atoms with Gasteiger partial charge in [-0.15, -0.1) is 0 Å². The van der Waals surface area contributed by atoms with Crippen molar-refractivity contribution in [3.05, 3.63) is 70.2 Å². The van der Waals surface area contributed by atoms with Crippen molar-refractivity contribution in [3.63, 3.8) is 0 Å². The fourth-order valence-electron chi connectivity index (χ4n) is 1.64. The standard InChI is InChI=1S/C16H13BrClNO2/c1-2-9-21-13-6-3-11(4-7-13)16(20)19-15-8-5-12(17)10-14(15)18/h2-8,10H,1,9H2,(H,19,20). The lowest BCUT2D eigenvalue weighted by atomic mass is 10.2. The third-order valence-corrected chi connectivity index (χ3v) is 3.47. The van der Waals surface area contributed by atoms with Crippen LogP contribution in [0.1, 0.15) is 10.4 Å². The lowest BCUT2D eigenvalue weighted by Gasteiger charge is -2.08. The summed E-state index contributed by atoms with van der Waals surface area (Å²) in [4.78, 5) is 12.1. The minimum absolute atomic E-state index is 0.227. The Labute approximate surface area is 136 Å². The summed E-state index contributed by atoms with van der Waals surface area (Å²) >= 11 is 9.39. The molecular weight excluding hydrogens is 354 g/mol. The number of nitrogens with one attached hydrogen (secondary N) is 1. The van der Waals surface area contributed by atoms with Crippen molar-refractivity contribution in [2.45, 2.75) is 0 Å². The first-order valence-corrected chi connectivity index (χ1v) is 7.37. The molecule has 0 saturated heterocycles. The van der Waals surface area contributed by atoms with Crippen LogP contribution in [0.3, 0.4) is 0 Å². The number of ether oxygens (including phenoxy) is 1. The number of anilines is 1. The van der Waals surface area contributed by atoms with Crippen LogP contribution in [0.4, 0.5) is 5.69 Å². The summed E-state index contributed by atoms with van der Waals surface area (Å²) < 4.78 is 6.22. The van der Waals surface area contributed by atoms with Gasteiger partial charge < -0.3 is 10.1 Å². The van der Waals surface area contributed by atoms with Crippen LogP contribution in [0, 0.1) is 0 Å². The molecule has 0 fully saturated rings. The number of hydrogen-bond donors (Lipinski definition) is 1. The predicted octanol–water partition coefficient (Wildman–Crippen LogP) is 4.92. The highest BCUT2D eigenvalue weighted by molar-refractivity contribution is 9.10. The van der Waals surface area contributed by atoms with Gasteiger partial charge >= 0.3 is 0 Å². The summed E-state index contributed by atoms with van der Waals surface area (Å²) in [7, 11) is 0. The lowest BCUT2D eigenvalue weighted by Crippen LogP contribution is -2.12. The average Bonchev–Trinajstić information content (AvgIpc) is 2.48. The molecule has 0 saturated carbocycles. The van der Waals surface area contributed by atoms with E-state index in [4.69, 9.17) is 16.3 Å². The van der Waals surface area contributed by atoms with Gasteiger partial charge in [0.05, 0.1) is 10.7 Å². The van der Waals surface area contributed by atoms with Crippen LogP contribution >= 0.6 is 27.5 Å². The van der Waals surface area contributed by atoms with Crippen molar-refractivity contribution in [2.24, 2.45) is 0 Å². The van der Waals surface area contributed by atoms with E-state index in [1.165, 1.54) is 0 Å². The third kappa shape index (κ3) is 4.34. The van der Waals surface area contributed by atoms with Crippen molar-refractivity contribution < 1.29 is 9.53 Å². The summed E-state index contributed by atoms with van der Waals surface area (Å²) in [5, 5.41) is 3.24. The minimum atomic E-state index is -0.227. The van der Waals surface area contributed by atoms with E-state index < -0.39 is 0 Å². The molecule has 0 atom stereocenters. The molecule has 0 heterocycles. The monoisotopic (exact) mass is 365 g/mol. The molecule has 1 amide bonds. The predicted molar refractivity (Wildman–Crippen MR) is 89.2 cm³/mol. The number of benzene rings is 2. The van der Waals surface area contributed by atoms with Crippen LogP contribution in [0.15, 0.2) is 59.6 Å². The van der Waals surface area contributed by atoms with Gasteiger partial charge in [-0.1, -0.05) is 40.2 Å². The molecule has 0 aliphatic rings. The highest BCUT2D eigenvalue weighted by Gasteiger charge is 2.09. The quantitative estimate of drug-likeness (QED) is 0.763. The fraction of sp³-hybridized carbons (Fsp3) is 0.0625. The summed E-state index contributed by atoms with van der Waals surface area (Å²) in [6, 6.07) is 12.1. The summed E-state index contributed by atoms with van der Waals surface area (Å²) in [6.45, 7) is 4.01. The smallest absolute Gasteiger partial charge is 0.255 e. The number of carbonyl (C=O) groups excluding carboxylic acids is 1. The van der Waals surface area contributed by atoms with Crippen molar-refractivity contribution in [1.29, 1.82) is 0 Å². The van der Waals surface area contributed by atoms with E-state index in [1.54, 1.807) is 42.5 Å². The molecule has 0 radical (unpaired) electrons. The number of amides is 1. The molecular formula is C16H13BrClNO2. The molecule has 2 rings (SSSR count). The highest BCUT2D eigenvalue weighted by Crippen LogP contribution is 2.26. The first-order valence-electron chi connectivity index (χ1n) is 6.20. The topological polar surface area (TPSA) is 38.3 Å². The van der Waals surface area contributed by atoms with Crippen molar-refractivity contribution in [2.75, 3.05) is 11.9 Å². The molecule has 0 spiro atoms. The minimum Gasteiger partial charge on any atom is -0.490 e. The third-order valence-electron chi connectivity index (χ3n) is 2.66. The number of halogens is 2. The first kappa shape index (κ1) is 15.6. The molecule has 3 nitrogen and oxygen atoms in total. The highest BCUT2D eigenvalue weighted by atomic mass is 79.9. The zero-order valence-corrected chi connectivity index (χ0v) is 13.4. The largest absolute Gasteiger partial charge is 0.490 e. The van der Waals surface area contributed by atoms with Crippen LogP contribution < -0.4 is 10.1 Å². The van der Waals surface area contributed by atoms with E-state index in [2.05, 4.69) is 27.8 Å².